The Labute approximate surface area is 170 Å². The molecule has 0 atom stereocenters. The van der Waals surface area contributed by atoms with Crippen molar-refractivity contribution in [2.24, 2.45) is 11.8 Å². The summed E-state index contributed by atoms with van der Waals surface area (Å²) in [5, 5.41) is 0. The number of rotatable bonds is 4. The normalized spacial score (nSPS) is 33.4. The monoisotopic (exact) mass is 374 g/mol. The fraction of sp³-hybridized carbons (Fsp3) is 0.519. The second-order valence-electron chi connectivity index (χ2n) is 9.59. The molecule has 28 heavy (non-hydrogen) atoms. The molecule has 2 saturated carbocycles. The second-order valence-corrected chi connectivity index (χ2v) is 9.59. The minimum absolute atomic E-state index is 0.315. The van der Waals surface area contributed by atoms with Gasteiger partial charge in [0.25, 0.3) is 0 Å². The molecule has 0 saturated heterocycles. The summed E-state index contributed by atoms with van der Waals surface area (Å²) in [5.41, 5.74) is 1.87. The van der Waals surface area contributed by atoms with E-state index in [1.807, 2.05) is 0 Å². The Balaban J connectivity index is 1.81. The van der Waals surface area contributed by atoms with Gasteiger partial charge in [-0.15, -0.1) is 0 Å². The van der Waals surface area contributed by atoms with Gasteiger partial charge in [-0.25, -0.2) is 0 Å². The summed E-state index contributed by atoms with van der Waals surface area (Å²) in [4.78, 5) is 14.6. The smallest absolute Gasteiger partial charge is 0.153 e. The number of benzene rings is 2. The molecule has 0 amide bonds. The lowest BCUT2D eigenvalue weighted by atomic mass is 9.54. The minimum atomic E-state index is -0.315. The number of Topliss-reactive ketones (excluding diaryl/α,β-unsaturated/α-hetero) is 1. The maximum Gasteiger partial charge on any atom is 0.153 e. The van der Waals surface area contributed by atoms with Crippen LogP contribution in [0.5, 0.6) is 0 Å². The van der Waals surface area contributed by atoms with Crippen LogP contribution in [-0.4, -0.2) is 5.78 Å². The van der Waals surface area contributed by atoms with E-state index in [-0.39, 0.29) is 10.8 Å². The fourth-order valence-corrected chi connectivity index (χ4v) is 5.78. The number of hydrogen-bond donors (Lipinski definition) is 0. The molecular weight excluding hydrogens is 340 g/mol. The van der Waals surface area contributed by atoms with E-state index in [0.717, 1.165) is 63.2 Å². The lowest BCUT2D eigenvalue weighted by Crippen LogP contribution is -2.52. The molecule has 1 nitrogen and oxygen atoms in total. The van der Waals surface area contributed by atoms with E-state index in [4.69, 9.17) is 0 Å². The van der Waals surface area contributed by atoms with E-state index < -0.39 is 0 Å². The number of hydrogen-bond acceptors (Lipinski definition) is 1. The molecule has 0 N–H and O–H groups in total. The zero-order valence-electron chi connectivity index (χ0n) is 17.5. The largest absolute Gasteiger partial charge is 0.298 e. The van der Waals surface area contributed by atoms with Crippen molar-refractivity contribution >= 4 is 5.78 Å². The van der Waals surface area contributed by atoms with E-state index in [2.05, 4.69) is 74.5 Å². The predicted molar refractivity (Wildman–Crippen MR) is 117 cm³/mol. The average Bonchev–Trinajstić information content (AvgIpc) is 2.76. The Morgan fingerprint density at radius 1 is 0.643 bits per heavy atom. The molecule has 1 heteroatoms. The highest BCUT2D eigenvalue weighted by atomic mass is 16.1. The van der Waals surface area contributed by atoms with E-state index >= 15 is 0 Å². The van der Waals surface area contributed by atoms with Crippen LogP contribution in [-0.2, 0) is 15.6 Å². The SMILES string of the molecule is CC1CCC(C(=O)C2(c3ccccc3)CCC(C)CC2)(c2ccccc2)CC1. The molecule has 2 aliphatic carbocycles. The van der Waals surface area contributed by atoms with Crippen molar-refractivity contribution in [2.45, 2.75) is 76.0 Å². The van der Waals surface area contributed by atoms with Gasteiger partial charge < -0.3 is 0 Å². The number of ketones is 1. The minimum Gasteiger partial charge on any atom is -0.298 e. The summed E-state index contributed by atoms with van der Waals surface area (Å²) in [5.74, 6) is 1.96. The van der Waals surface area contributed by atoms with Gasteiger partial charge in [0.05, 0.1) is 10.8 Å². The van der Waals surface area contributed by atoms with Gasteiger partial charge in [0.1, 0.15) is 0 Å². The average molecular weight is 375 g/mol. The zero-order valence-corrected chi connectivity index (χ0v) is 17.5. The first-order valence-corrected chi connectivity index (χ1v) is 11.2. The van der Waals surface area contributed by atoms with Crippen LogP contribution in [0.2, 0.25) is 0 Å². The first kappa shape index (κ1) is 19.4. The Kier molecular flexibility index (Phi) is 5.45. The summed E-state index contributed by atoms with van der Waals surface area (Å²) in [6.45, 7) is 4.68. The molecule has 2 aromatic carbocycles. The molecule has 2 aromatic rings. The molecule has 0 spiro atoms. The van der Waals surface area contributed by atoms with Gasteiger partial charge in [0.15, 0.2) is 5.78 Å². The van der Waals surface area contributed by atoms with E-state index in [0.29, 0.717) is 5.78 Å². The fourth-order valence-electron chi connectivity index (χ4n) is 5.78. The first-order valence-electron chi connectivity index (χ1n) is 11.2. The highest BCUT2D eigenvalue weighted by Crippen LogP contribution is 2.51. The quantitative estimate of drug-likeness (QED) is 0.572. The molecule has 0 heterocycles. The van der Waals surface area contributed by atoms with Crippen LogP contribution in [0.25, 0.3) is 0 Å². The summed E-state index contributed by atoms with van der Waals surface area (Å²) < 4.78 is 0. The van der Waals surface area contributed by atoms with Crippen molar-refractivity contribution in [1.29, 1.82) is 0 Å². The van der Waals surface area contributed by atoms with Gasteiger partial charge >= 0.3 is 0 Å². The first-order chi connectivity index (χ1) is 13.6. The van der Waals surface area contributed by atoms with Crippen molar-refractivity contribution in [2.75, 3.05) is 0 Å². The van der Waals surface area contributed by atoms with Crippen LogP contribution in [0.3, 0.4) is 0 Å². The summed E-state index contributed by atoms with van der Waals surface area (Å²) in [6, 6.07) is 21.4. The standard InChI is InChI=1S/C27H34O/c1-21-13-17-26(18-14-21,23-9-5-3-6-10-23)25(28)27(19-15-22(2)16-20-27)24-11-7-4-8-12-24/h3-12,21-22H,13-20H2,1-2H3. The van der Waals surface area contributed by atoms with E-state index in [9.17, 15) is 4.79 Å². The number of carbonyl (C=O) groups is 1. The summed E-state index contributed by atoms with van der Waals surface area (Å²) >= 11 is 0. The highest BCUT2D eigenvalue weighted by molar-refractivity contribution is 5.99. The van der Waals surface area contributed by atoms with Crippen molar-refractivity contribution in [3.63, 3.8) is 0 Å². The van der Waals surface area contributed by atoms with Gasteiger partial charge in [-0.3, -0.25) is 4.79 Å². The zero-order chi connectivity index (χ0) is 19.6. The number of carbonyl (C=O) groups excluding carboxylic acids is 1. The Morgan fingerprint density at radius 2 is 0.964 bits per heavy atom. The maximum atomic E-state index is 14.6. The van der Waals surface area contributed by atoms with E-state index in [1.54, 1.807) is 0 Å². The molecule has 0 unspecified atom stereocenters. The van der Waals surface area contributed by atoms with Gasteiger partial charge in [0.2, 0.25) is 0 Å². The van der Waals surface area contributed by atoms with Gasteiger partial charge in [-0.05, 0) is 74.3 Å². The molecule has 0 aliphatic heterocycles. The van der Waals surface area contributed by atoms with Crippen LogP contribution in [0.4, 0.5) is 0 Å². The highest BCUT2D eigenvalue weighted by Gasteiger charge is 2.53. The lowest BCUT2D eigenvalue weighted by molar-refractivity contribution is -0.133. The second kappa shape index (κ2) is 7.85. The Hall–Kier alpha value is -1.89. The third-order valence-electron chi connectivity index (χ3n) is 7.78. The molecule has 2 aliphatic rings. The maximum absolute atomic E-state index is 14.6. The van der Waals surface area contributed by atoms with Gasteiger partial charge in [-0.2, -0.15) is 0 Å². The van der Waals surface area contributed by atoms with Crippen molar-refractivity contribution in [1.82, 2.24) is 0 Å². The predicted octanol–water partition coefficient (Wildman–Crippen LogP) is 6.85. The third-order valence-corrected chi connectivity index (χ3v) is 7.78. The topological polar surface area (TPSA) is 17.1 Å². The van der Waals surface area contributed by atoms with E-state index in [1.165, 1.54) is 11.1 Å². The molecule has 0 radical (unpaired) electrons. The van der Waals surface area contributed by atoms with Gasteiger partial charge in [0, 0.05) is 0 Å². The Morgan fingerprint density at radius 3 is 1.29 bits per heavy atom. The molecule has 2 fully saturated rings. The van der Waals surface area contributed by atoms with Crippen LogP contribution < -0.4 is 0 Å². The molecular formula is C27H34O. The van der Waals surface area contributed by atoms with Crippen LogP contribution in [0, 0.1) is 11.8 Å². The third kappa shape index (κ3) is 3.34. The van der Waals surface area contributed by atoms with Crippen LogP contribution in [0.1, 0.15) is 76.3 Å². The van der Waals surface area contributed by atoms with Crippen molar-refractivity contribution < 1.29 is 4.79 Å². The molecule has 0 aromatic heterocycles. The van der Waals surface area contributed by atoms with Gasteiger partial charge in [-0.1, -0.05) is 74.5 Å². The lowest BCUT2D eigenvalue weighted by Gasteiger charge is -2.48. The molecule has 4 rings (SSSR count). The van der Waals surface area contributed by atoms with Crippen molar-refractivity contribution in [3.8, 4) is 0 Å². The van der Waals surface area contributed by atoms with Crippen LogP contribution in [0.15, 0.2) is 60.7 Å². The summed E-state index contributed by atoms with van der Waals surface area (Å²) in [6.07, 6.45) is 8.62. The molecule has 148 valence electrons. The molecule has 0 bridgehead atoms. The van der Waals surface area contributed by atoms with Crippen molar-refractivity contribution in [3.05, 3.63) is 71.8 Å². The Bertz CT molecular complexity index is 708. The van der Waals surface area contributed by atoms with Crippen LogP contribution >= 0.6 is 0 Å². The summed E-state index contributed by atoms with van der Waals surface area (Å²) in [7, 11) is 0.